The summed E-state index contributed by atoms with van der Waals surface area (Å²) in [6, 6.07) is 7.38. The van der Waals surface area contributed by atoms with Crippen LogP contribution in [0.2, 0.25) is 0 Å². The van der Waals surface area contributed by atoms with Crippen LogP contribution in [-0.4, -0.2) is 0 Å². The van der Waals surface area contributed by atoms with Crippen molar-refractivity contribution in [1.82, 2.24) is 0 Å². The van der Waals surface area contributed by atoms with Gasteiger partial charge in [0.1, 0.15) is 0 Å². The molecule has 1 rings (SSSR count). The fraction of sp³-hybridized carbons (Fsp3) is 0.333. The molecule has 0 saturated carbocycles. The SMILES string of the molecule is CC(C)c1cccc([S-](=N)=O)c1. The minimum atomic E-state index is -1.61. The van der Waals surface area contributed by atoms with Gasteiger partial charge in [-0.05, 0) is 11.5 Å². The minimum Gasteiger partial charge on any atom is -0.440 e. The third kappa shape index (κ3) is 2.08. The number of hydrogen-bond acceptors (Lipinski definition) is 3. The second-order valence-electron chi connectivity index (χ2n) is 3.00. The Kier molecular flexibility index (Phi) is 2.87. The number of rotatable bonds is 2. The molecule has 0 aliphatic carbocycles. The van der Waals surface area contributed by atoms with E-state index < -0.39 is 10.6 Å². The fourth-order valence-corrected chi connectivity index (χ4v) is 1.43. The average Bonchev–Trinajstić information content (AvgIpc) is 2.04. The van der Waals surface area contributed by atoms with Gasteiger partial charge < -0.3 is 8.99 Å². The molecule has 1 N–H and O–H groups in total. The van der Waals surface area contributed by atoms with E-state index in [9.17, 15) is 4.21 Å². The zero-order chi connectivity index (χ0) is 9.14. The smallest absolute Gasteiger partial charge is 0.0219 e. The first kappa shape index (κ1) is 9.26. The Morgan fingerprint density at radius 3 is 2.58 bits per heavy atom. The van der Waals surface area contributed by atoms with E-state index in [-0.39, 0.29) is 0 Å². The molecule has 1 aromatic carbocycles. The lowest BCUT2D eigenvalue weighted by atomic mass is 10.0. The van der Waals surface area contributed by atoms with Crippen molar-refractivity contribution in [3.8, 4) is 0 Å². The van der Waals surface area contributed by atoms with Crippen molar-refractivity contribution in [1.29, 1.82) is 4.78 Å². The first-order chi connectivity index (χ1) is 5.61. The van der Waals surface area contributed by atoms with E-state index in [2.05, 4.69) is 13.8 Å². The standard InChI is InChI=1S/C9H12NOS/c1-7(2)8-4-3-5-9(6-8)12(10)11/h3-7,10H,1-2H3/q-1. The Balaban J connectivity index is 3.12. The monoisotopic (exact) mass is 182 g/mol. The van der Waals surface area contributed by atoms with Crippen molar-refractivity contribution >= 4 is 10.6 Å². The van der Waals surface area contributed by atoms with Crippen molar-refractivity contribution in [2.45, 2.75) is 24.7 Å². The second-order valence-corrected chi connectivity index (χ2v) is 4.00. The fourth-order valence-electron chi connectivity index (χ4n) is 0.989. The normalized spacial score (nSPS) is 11.0. The molecule has 0 fully saturated rings. The summed E-state index contributed by atoms with van der Waals surface area (Å²) in [7, 11) is -1.61. The molecule has 0 heterocycles. The Morgan fingerprint density at radius 2 is 2.08 bits per heavy atom. The maximum Gasteiger partial charge on any atom is -0.0219 e. The van der Waals surface area contributed by atoms with Crippen molar-refractivity contribution in [3.63, 3.8) is 0 Å². The highest BCUT2D eigenvalue weighted by Crippen LogP contribution is 2.15. The lowest BCUT2D eigenvalue weighted by Crippen LogP contribution is -1.87. The molecule has 1 aromatic rings. The largest absolute Gasteiger partial charge is 0.440 e. The molecule has 0 atom stereocenters. The summed E-state index contributed by atoms with van der Waals surface area (Å²) in [5.74, 6) is 0.425. The molecule has 0 aliphatic rings. The molecule has 0 amide bonds. The van der Waals surface area contributed by atoms with Crippen LogP contribution in [0, 0.1) is 4.78 Å². The molecule has 0 bridgehead atoms. The van der Waals surface area contributed by atoms with Crippen LogP contribution in [0.15, 0.2) is 29.2 Å². The highest BCUT2D eigenvalue weighted by atomic mass is 32.2. The summed E-state index contributed by atoms with van der Waals surface area (Å²) < 4.78 is 17.8. The molecule has 0 radical (unpaired) electrons. The van der Waals surface area contributed by atoms with E-state index >= 15 is 0 Å². The van der Waals surface area contributed by atoms with Gasteiger partial charge >= 0.3 is 0 Å². The van der Waals surface area contributed by atoms with Crippen LogP contribution in [0.3, 0.4) is 0 Å². The van der Waals surface area contributed by atoms with Gasteiger partial charge in [-0.15, -0.1) is 0 Å². The Morgan fingerprint density at radius 1 is 1.42 bits per heavy atom. The number of hydrogen-bond donors (Lipinski definition) is 1. The third-order valence-corrected chi connectivity index (χ3v) is 2.42. The summed E-state index contributed by atoms with van der Waals surface area (Å²) in [6.07, 6.45) is 0. The molecule has 2 nitrogen and oxygen atoms in total. The van der Waals surface area contributed by atoms with Crippen LogP contribution in [0.1, 0.15) is 25.3 Å². The molecular formula is C9H12NOS-. The van der Waals surface area contributed by atoms with Crippen molar-refractivity contribution in [3.05, 3.63) is 29.8 Å². The Bertz CT molecular complexity index is 334. The number of nitrogens with one attached hydrogen (secondary N) is 1. The molecule has 0 aliphatic heterocycles. The topological polar surface area (TPSA) is 40.9 Å². The van der Waals surface area contributed by atoms with Crippen LogP contribution in [0.5, 0.6) is 0 Å². The van der Waals surface area contributed by atoms with Crippen molar-refractivity contribution in [2.24, 2.45) is 0 Å². The first-order valence-electron chi connectivity index (χ1n) is 3.84. The number of benzene rings is 1. The quantitative estimate of drug-likeness (QED) is 0.702. The van der Waals surface area contributed by atoms with E-state index in [1.807, 2.05) is 18.2 Å². The molecule has 0 spiro atoms. The Hall–Kier alpha value is -0.830. The van der Waals surface area contributed by atoms with Gasteiger partial charge in [0.2, 0.25) is 0 Å². The summed E-state index contributed by atoms with van der Waals surface area (Å²) in [5.41, 5.74) is 1.13. The van der Waals surface area contributed by atoms with Crippen LogP contribution in [-0.2, 0) is 14.8 Å². The summed E-state index contributed by atoms with van der Waals surface area (Å²) >= 11 is 0. The van der Waals surface area contributed by atoms with Gasteiger partial charge in [0.15, 0.2) is 0 Å². The highest BCUT2D eigenvalue weighted by molar-refractivity contribution is 7.73. The van der Waals surface area contributed by atoms with Crippen molar-refractivity contribution in [2.75, 3.05) is 0 Å². The predicted molar refractivity (Wildman–Crippen MR) is 49.6 cm³/mol. The second kappa shape index (κ2) is 3.72. The zero-order valence-corrected chi connectivity index (χ0v) is 8.02. The van der Waals surface area contributed by atoms with Gasteiger partial charge in [-0.3, -0.25) is 0 Å². The predicted octanol–water partition coefficient (Wildman–Crippen LogP) is 2.90. The molecule has 3 heteroatoms. The van der Waals surface area contributed by atoms with Gasteiger partial charge in [-0.25, -0.2) is 0 Å². The molecule has 0 unspecified atom stereocenters. The van der Waals surface area contributed by atoms with Gasteiger partial charge in [0, 0.05) is 0 Å². The van der Waals surface area contributed by atoms with E-state index in [0.29, 0.717) is 10.8 Å². The Labute approximate surface area is 74.6 Å². The summed E-state index contributed by atoms with van der Waals surface area (Å²) in [5, 5.41) is 0. The molecule has 0 saturated heterocycles. The lowest BCUT2D eigenvalue weighted by Gasteiger charge is -2.08. The van der Waals surface area contributed by atoms with E-state index in [1.54, 1.807) is 6.07 Å². The molecule has 12 heavy (non-hydrogen) atoms. The lowest BCUT2D eigenvalue weighted by molar-refractivity contribution is 0.599. The van der Waals surface area contributed by atoms with Crippen molar-refractivity contribution < 1.29 is 4.21 Å². The van der Waals surface area contributed by atoms with Crippen LogP contribution in [0.4, 0.5) is 0 Å². The van der Waals surface area contributed by atoms with E-state index in [0.717, 1.165) is 5.56 Å². The van der Waals surface area contributed by atoms with Crippen LogP contribution < -0.4 is 0 Å². The zero-order valence-electron chi connectivity index (χ0n) is 7.20. The first-order valence-corrected chi connectivity index (χ1v) is 4.99. The molecule has 66 valence electrons. The summed E-state index contributed by atoms with van der Waals surface area (Å²) in [4.78, 5) is 0.584. The maximum absolute atomic E-state index is 10.8. The van der Waals surface area contributed by atoms with Gasteiger partial charge in [-0.1, -0.05) is 43.0 Å². The molecular weight excluding hydrogens is 170 g/mol. The van der Waals surface area contributed by atoms with Gasteiger partial charge in [0.25, 0.3) is 0 Å². The van der Waals surface area contributed by atoms with Gasteiger partial charge in [0.05, 0.1) is 0 Å². The van der Waals surface area contributed by atoms with Crippen LogP contribution in [0.25, 0.3) is 0 Å². The van der Waals surface area contributed by atoms with E-state index in [4.69, 9.17) is 4.78 Å². The van der Waals surface area contributed by atoms with E-state index in [1.165, 1.54) is 0 Å². The third-order valence-electron chi connectivity index (χ3n) is 1.74. The minimum absolute atomic E-state index is 0.425. The average molecular weight is 182 g/mol. The van der Waals surface area contributed by atoms with Gasteiger partial charge in [-0.2, -0.15) is 10.6 Å². The summed E-state index contributed by atoms with van der Waals surface area (Å²) in [6.45, 7) is 4.15. The highest BCUT2D eigenvalue weighted by Gasteiger charge is 1.96. The molecule has 0 aromatic heterocycles. The maximum atomic E-state index is 10.8. The van der Waals surface area contributed by atoms with Crippen LogP contribution >= 0.6 is 0 Å².